The molecule has 0 radical (unpaired) electrons. The lowest BCUT2D eigenvalue weighted by Gasteiger charge is -2.12. The van der Waals surface area contributed by atoms with Crippen molar-refractivity contribution in [1.29, 1.82) is 0 Å². The van der Waals surface area contributed by atoms with Crippen molar-refractivity contribution in [2.24, 2.45) is 0 Å². The van der Waals surface area contributed by atoms with E-state index in [1.165, 1.54) is 26.4 Å². The zero-order valence-corrected chi connectivity index (χ0v) is 14.7. The average Bonchev–Trinajstić information content (AvgIpc) is 2.86. The predicted octanol–water partition coefficient (Wildman–Crippen LogP) is 1.81. The van der Waals surface area contributed by atoms with Gasteiger partial charge in [0.15, 0.2) is 18.1 Å². The monoisotopic (exact) mass is 368 g/mol. The molecular weight excluding hydrogens is 352 g/mol. The van der Waals surface area contributed by atoms with Gasteiger partial charge >= 0.3 is 12.0 Å². The van der Waals surface area contributed by atoms with Gasteiger partial charge in [0, 0.05) is 6.54 Å². The van der Waals surface area contributed by atoms with Crippen molar-refractivity contribution in [3.05, 3.63) is 28.4 Å². The Kier molecular flexibility index (Phi) is 5.87. The number of esters is 1. The first kappa shape index (κ1) is 18.6. The summed E-state index contributed by atoms with van der Waals surface area (Å²) in [7, 11) is 2.65. The molecule has 1 aromatic carbocycles. The summed E-state index contributed by atoms with van der Waals surface area (Å²) in [6.07, 6.45) is 1.48. The minimum absolute atomic E-state index is 0.133. The van der Waals surface area contributed by atoms with Crippen LogP contribution >= 0.6 is 11.6 Å². The summed E-state index contributed by atoms with van der Waals surface area (Å²) in [4.78, 5) is 36.1. The molecule has 1 heterocycles. The van der Waals surface area contributed by atoms with Crippen LogP contribution < -0.4 is 14.8 Å². The van der Waals surface area contributed by atoms with Crippen molar-refractivity contribution in [1.82, 2.24) is 10.2 Å². The molecule has 1 aliphatic heterocycles. The van der Waals surface area contributed by atoms with E-state index in [4.69, 9.17) is 21.1 Å². The Morgan fingerprint density at radius 1 is 1.32 bits per heavy atom. The number of halogens is 1. The number of nitrogens with zero attached hydrogens (tertiary/aromatic N) is 1. The first-order valence-corrected chi connectivity index (χ1v) is 7.70. The second-order valence-electron chi connectivity index (χ2n) is 4.94. The van der Waals surface area contributed by atoms with Gasteiger partial charge in [0.05, 0.1) is 19.2 Å². The fourth-order valence-electron chi connectivity index (χ4n) is 2.18. The number of rotatable bonds is 6. The van der Waals surface area contributed by atoms with Gasteiger partial charge in [-0.1, -0.05) is 11.6 Å². The SMILES string of the molecule is CCN1C(=O)N/C(=C/c2cc(Cl)c(OCC(=O)OC)c(OC)c2)C1=O. The average molecular weight is 369 g/mol. The minimum atomic E-state index is -0.566. The lowest BCUT2D eigenvalue weighted by Crippen LogP contribution is -2.30. The van der Waals surface area contributed by atoms with Gasteiger partial charge in [-0.05, 0) is 30.7 Å². The number of carbonyl (C=O) groups is 3. The van der Waals surface area contributed by atoms with Crippen molar-refractivity contribution < 1.29 is 28.6 Å². The highest BCUT2D eigenvalue weighted by molar-refractivity contribution is 6.32. The van der Waals surface area contributed by atoms with Gasteiger partial charge in [-0.3, -0.25) is 9.69 Å². The molecule has 1 fully saturated rings. The molecule has 1 aliphatic rings. The van der Waals surface area contributed by atoms with Crippen LogP contribution in [0, 0.1) is 0 Å². The van der Waals surface area contributed by atoms with E-state index in [0.717, 1.165) is 4.90 Å². The molecule has 0 aliphatic carbocycles. The van der Waals surface area contributed by atoms with Crippen molar-refractivity contribution in [2.45, 2.75) is 6.92 Å². The first-order valence-electron chi connectivity index (χ1n) is 7.33. The minimum Gasteiger partial charge on any atom is -0.493 e. The van der Waals surface area contributed by atoms with Crippen LogP contribution in [-0.2, 0) is 14.3 Å². The van der Waals surface area contributed by atoms with Crippen LogP contribution in [0.5, 0.6) is 11.5 Å². The summed E-state index contributed by atoms with van der Waals surface area (Å²) in [5.41, 5.74) is 0.655. The number of likely N-dealkylation sites (N-methyl/N-ethyl adjacent to an activating group) is 1. The van der Waals surface area contributed by atoms with E-state index in [1.54, 1.807) is 13.0 Å². The van der Waals surface area contributed by atoms with Crippen molar-refractivity contribution >= 4 is 35.6 Å². The molecule has 3 amide bonds. The number of urea groups is 1. The molecule has 1 N–H and O–H groups in total. The fourth-order valence-corrected chi connectivity index (χ4v) is 2.45. The zero-order chi connectivity index (χ0) is 18.6. The Hall–Kier alpha value is -2.74. The maximum absolute atomic E-state index is 12.1. The first-order chi connectivity index (χ1) is 11.9. The Balaban J connectivity index is 2.30. The van der Waals surface area contributed by atoms with E-state index in [-0.39, 0.29) is 35.4 Å². The smallest absolute Gasteiger partial charge is 0.343 e. The Bertz CT molecular complexity index is 746. The van der Waals surface area contributed by atoms with E-state index in [9.17, 15) is 14.4 Å². The third kappa shape index (κ3) is 4.03. The molecule has 8 nitrogen and oxygen atoms in total. The number of imide groups is 1. The Labute approximate surface area is 149 Å². The van der Waals surface area contributed by atoms with Crippen molar-refractivity contribution in [2.75, 3.05) is 27.4 Å². The molecule has 0 atom stereocenters. The van der Waals surface area contributed by atoms with E-state index in [0.29, 0.717) is 5.56 Å². The van der Waals surface area contributed by atoms with Crippen molar-refractivity contribution in [3.8, 4) is 11.5 Å². The Morgan fingerprint density at radius 3 is 2.60 bits per heavy atom. The van der Waals surface area contributed by atoms with Gasteiger partial charge in [0.25, 0.3) is 5.91 Å². The summed E-state index contributed by atoms with van der Waals surface area (Å²) in [6.45, 7) is 1.65. The largest absolute Gasteiger partial charge is 0.493 e. The zero-order valence-electron chi connectivity index (χ0n) is 13.9. The summed E-state index contributed by atoms with van der Waals surface area (Å²) in [5.74, 6) is -0.544. The molecule has 134 valence electrons. The highest BCUT2D eigenvalue weighted by Crippen LogP contribution is 2.37. The lowest BCUT2D eigenvalue weighted by molar-refractivity contribution is -0.142. The lowest BCUT2D eigenvalue weighted by atomic mass is 10.1. The molecule has 0 saturated carbocycles. The maximum atomic E-state index is 12.1. The van der Waals surface area contributed by atoms with Crippen LogP contribution in [0.25, 0.3) is 6.08 Å². The van der Waals surface area contributed by atoms with E-state index in [2.05, 4.69) is 10.1 Å². The number of carbonyl (C=O) groups excluding carboxylic acids is 3. The molecule has 0 aromatic heterocycles. The molecule has 9 heteroatoms. The van der Waals surface area contributed by atoms with Gasteiger partial charge in [0.2, 0.25) is 0 Å². The number of nitrogens with one attached hydrogen (secondary N) is 1. The van der Waals surface area contributed by atoms with Crippen molar-refractivity contribution in [3.63, 3.8) is 0 Å². The highest BCUT2D eigenvalue weighted by Gasteiger charge is 2.32. The molecule has 0 spiro atoms. The van der Waals surface area contributed by atoms with Gasteiger partial charge in [-0.2, -0.15) is 0 Å². The third-order valence-corrected chi connectivity index (χ3v) is 3.68. The molecule has 0 unspecified atom stereocenters. The van der Waals surface area contributed by atoms with Gasteiger partial charge in [-0.25, -0.2) is 9.59 Å². The quantitative estimate of drug-likeness (QED) is 0.467. The van der Waals surface area contributed by atoms with E-state index in [1.807, 2.05) is 0 Å². The summed E-state index contributed by atoms with van der Waals surface area (Å²) < 4.78 is 15.0. The van der Waals surface area contributed by atoms with Crippen LogP contribution in [0.3, 0.4) is 0 Å². The van der Waals surface area contributed by atoms with Crippen LogP contribution in [0.2, 0.25) is 5.02 Å². The molecule has 2 rings (SSSR count). The number of hydrogen-bond acceptors (Lipinski definition) is 6. The van der Waals surface area contributed by atoms with Crippen LogP contribution in [0.15, 0.2) is 17.8 Å². The topological polar surface area (TPSA) is 94.2 Å². The molecule has 1 saturated heterocycles. The Morgan fingerprint density at radius 2 is 2.04 bits per heavy atom. The number of hydrogen-bond donors (Lipinski definition) is 1. The number of ether oxygens (including phenoxy) is 3. The summed E-state index contributed by atoms with van der Waals surface area (Å²) in [6, 6.07) is 2.62. The summed E-state index contributed by atoms with van der Waals surface area (Å²) in [5, 5.41) is 2.67. The number of methoxy groups -OCH3 is 2. The number of amides is 3. The van der Waals surface area contributed by atoms with Gasteiger partial charge < -0.3 is 19.5 Å². The van der Waals surface area contributed by atoms with E-state index < -0.39 is 17.9 Å². The normalized spacial score (nSPS) is 15.4. The van der Waals surface area contributed by atoms with E-state index >= 15 is 0 Å². The molecule has 1 aromatic rings. The second kappa shape index (κ2) is 7.89. The van der Waals surface area contributed by atoms with Gasteiger partial charge in [0.1, 0.15) is 5.70 Å². The molecular formula is C16H17ClN2O6. The fraction of sp³-hybridized carbons (Fsp3) is 0.312. The highest BCUT2D eigenvalue weighted by atomic mass is 35.5. The molecule has 0 bridgehead atoms. The van der Waals surface area contributed by atoms with Crippen LogP contribution in [-0.4, -0.2) is 50.2 Å². The summed E-state index contributed by atoms with van der Waals surface area (Å²) >= 11 is 6.18. The predicted molar refractivity (Wildman–Crippen MR) is 89.4 cm³/mol. The second-order valence-corrected chi connectivity index (χ2v) is 5.34. The standard InChI is InChI=1S/C16H17ClN2O6/c1-4-19-15(21)11(18-16(19)22)6-9-5-10(17)14(12(7-9)23-2)25-8-13(20)24-3/h5-7H,4,8H2,1-3H3,(H,18,22)/b11-6+. The third-order valence-electron chi connectivity index (χ3n) is 3.40. The maximum Gasteiger partial charge on any atom is 0.343 e. The number of benzene rings is 1. The van der Waals surface area contributed by atoms with Crippen LogP contribution in [0.1, 0.15) is 12.5 Å². The molecule has 25 heavy (non-hydrogen) atoms. The van der Waals surface area contributed by atoms with Gasteiger partial charge in [-0.15, -0.1) is 0 Å². The van der Waals surface area contributed by atoms with Crippen LogP contribution in [0.4, 0.5) is 4.79 Å².